The average Bonchev–Trinajstić information content (AvgIpc) is 1.87. The summed E-state index contributed by atoms with van der Waals surface area (Å²) < 4.78 is 0. The van der Waals surface area contributed by atoms with E-state index in [-0.39, 0.29) is 11.1 Å². The Morgan fingerprint density at radius 1 is 1.86 bits per heavy atom. The molecule has 40 valence electrons. The van der Waals surface area contributed by atoms with Crippen LogP contribution in [0.15, 0.2) is 0 Å². The Labute approximate surface area is 40.7 Å². The van der Waals surface area contributed by atoms with Gasteiger partial charge >= 0.3 is 0 Å². The highest BCUT2D eigenvalue weighted by molar-refractivity contribution is 5.75. The molecule has 0 aromatic heterocycles. The van der Waals surface area contributed by atoms with E-state index >= 15 is 0 Å². The highest BCUT2D eigenvalue weighted by Crippen LogP contribution is 1.74. The van der Waals surface area contributed by atoms with Crippen molar-refractivity contribution in [3.8, 4) is 0 Å². The fraction of sp³-hybridized carbons (Fsp3) is 0.667. The summed E-state index contributed by atoms with van der Waals surface area (Å²) in [6.07, 6.45) is 0.374. The molecule has 1 aliphatic rings. The lowest BCUT2D eigenvalue weighted by Gasteiger charge is -2.10. The summed E-state index contributed by atoms with van der Waals surface area (Å²) in [5, 5.41) is 9.97. The molecule has 4 nitrogen and oxygen atoms in total. The van der Waals surface area contributed by atoms with Gasteiger partial charge in [0.1, 0.15) is 6.54 Å². The molecule has 1 unspecified atom stereocenters. The number of rotatable bonds is 0. The maximum atomic E-state index is 10.1. The maximum absolute atomic E-state index is 10.1. The summed E-state index contributed by atoms with van der Waals surface area (Å²) in [6.45, 7) is 0.374. The number of hydrogen-bond acceptors (Lipinski definition) is 2. The van der Waals surface area contributed by atoms with Crippen molar-refractivity contribution in [1.82, 2.24) is 5.43 Å². The molecular formula is C3H6N2O2. The van der Waals surface area contributed by atoms with E-state index in [1.165, 1.54) is 0 Å². The molecule has 1 atom stereocenters. The van der Waals surface area contributed by atoms with Crippen LogP contribution < -0.4 is 10.6 Å². The number of nitrogens with one attached hydrogen (secondary N) is 2. The van der Waals surface area contributed by atoms with Gasteiger partial charge in [0.25, 0.3) is 5.91 Å². The Hall–Kier alpha value is -0.610. The minimum Gasteiger partial charge on any atom is -0.608 e. The Bertz CT molecular complexity index is 92.9. The standard InChI is InChI=1S/C3H6N2O2/c6-3-1-2-5(7)4-3/h5H,1-2H2,(H,4,6). The molecule has 0 bridgehead atoms. The van der Waals surface area contributed by atoms with E-state index in [2.05, 4.69) is 5.43 Å². The van der Waals surface area contributed by atoms with Crippen LogP contribution in [0.2, 0.25) is 0 Å². The molecule has 1 amide bonds. The van der Waals surface area contributed by atoms with Gasteiger partial charge in [-0.2, -0.15) is 0 Å². The summed E-state index contributed by atoms with van der Waals surface area (Å²) >= 11 is 0. The van der Waals surface area contributed by atoms with Gasteiger partial charge in [0.15, 0.2) is 0 Å². The van der Waals surface area contributed by atoms with Crippen LogP contribution in [0.5, 0.6) is 0 Å². The van der Waals surface area contributed by atoms with E-state index in [9.17, 15) is 10.0 Å². The second kappa shape index (κ2) is 1.48. The van der Waals surface area contributed by atoms with E-state index in [0.717, 1.165) is 0 Å². The minimum absolute atomic E-state index is 0.148. The molecule has 0 aliphatic carbocycles. The highest BCUT2D eigenvalue weighted by Gasteiger charge is 2.14. The number of quaternary nitrogens is 1. The largest absolute Gasteiger partial charge is 0.608 e. The third-order valence-corrected chi connectivity index (χ3v) is 0.858. The smallest absolute Gasteiger partial charge is 0.270 e. The lowest BCUT2D eigenvalue weighted by atomic mass is 10.5. The van der Waals surface area contributed by atoms with Gasteiger partial charge in [-0.3, -0.25) is 9.97 Å². The van der Waals surface area contributed by atoms with Crippen LogP contribution in [0, 0.1) is 5.21 Å². The van der Waals surface area contributed by atoms with Crippen molar-refractivity contribution in [3.05, 3.63) is 5.21 Å². The zero-order chi connectivity index (χ0) is 5.28. The van der Waals surface area contributed by atoms with Crippen molar-refractivity contribution >= 4 is 5.91 Å². The van der Waals surface area contributed by atoms with Gasteiger partial charge in [-0.05, 0) is 0 Å². The van der Waals surface area contributed by atoms with Gasteiger partial charge in [0.05, 0.1) is 6.42 Å². The first kappa shape index (κ1) is 4.55. The number of carbonyl (C=O) groups is 1. The van der Waals surface area contributed by atoms with Gasteiger partial charge < -0.3 is 5.21 Å². The van der Waals surface area contributed by atoms with E-state index in [1.807, 2.05) is 0 Å². The summed E-state index contributed by atoms with van der Waals surface area (Å²) in [6, 6.07) is 0. The molecule has 1 saturated heterocycles. The average molecular weight is 102 g/mol. The molecule has 1 heterocycles. The molecule has 0 radical (unpaired) electrons. The fourth-order valence-corrected chi connectivity index (χ4v) is 0.508. The molecular weight excluding hydrogens is 96.0 g/mol. The molecule has 2 N–H and O–H groups in total. The monoisotopic (exact) mass is 102 g/mol. The number of hydroxylamine groups is 1. The maximum Gasteiger partial charge on any atom is 0.270 e. The van der Waals surface area contributed by atoms with Crippen LogP contribution in [0.4, 0.5) is 0 Å². The van der Waals surface area contributed by atoms with Gasteiger partial charge in [-0.25, -0.2) is 5.43 Å². The SMILES string of the molecule is O=C1CC[NH+]([O-])N1. The number of amides is 1. The first-order chi connectivity index (χ1) is 3.29. The van der Waals surface area contributed by atoms with Gasteiger partial charge in [0.2, 0.25) is 0 Å². The Kier molecular flexibility index (Phi) is 0.958. The van der Waals surface area contributed by atoms with Crippen molar-refractivity contribution in [2.24, 2.45) is 0 Å². The van der Waals surface area contributed by atoms with E-state index < -0.39 is 0 Å². The van der Waals surface area contributed by atoms with Gasteiger partial charge in [-0.1, -0.05) is 0 Å². The van der Waals surface area contributed by atoms with Crippen molar-refractivity contribution < 1.29 is 9.97 Å². The third-order valence-electron chi connectivity index (χ3n) is 0.858. The van der Waals surface area contributed by atoms with Gasteiger partial charge in [-0.15, -0.1) is 0 Å². The zero-order valence-corrected chi connectivity index (χ0v) is 3.73. The molecule has 0 saturated carbocycles. The summed E-state index contributed by atoms with van der Waals surface area (Å²) in [7, 11) is 0. The molecule has 0 aromatic carbocycles. The zero-order valence-electron chi connectivity index (χ0n) is 3.73. The van der Waals surface area contributed by atoms with E-state index in [4.69, 9.17) is 0 Å². The predicted octanol–water partition coefficient (Wildman–Crippen LogP) is -2.20. The molecule has 0 aromatic rings. The first-order valence-corrected chi connectivity index (χ1v) is 2.12. The topological polar surface area (TPSA) is 56.6 Å². The van der Waals surface area contributed by atoms with Crippen LogP contribution in [0.25, 0.3) is 0 Å². The summed E-state index contributed by atoms with van der Waals surface area (Å²) in [5.41, 5.74) is 2.14. The molecule has 7 heavy (non-hydrogen) atoms. The third kappa shape index (κ3) is 0.880. The quantitative estimate of drug-likeness (QED) is 0.341. The first-order valence-electron chi connectivity index (χ1n) is 2.12. The summed E-state index contributed by atoms with van der Waals surface area (Å²) in [4.78, 5) is 10.1. The Morgan fingerprint density at radius 2 is 2.57 bits per heavy atom. The molecule has 4 heteroatoms. The lowest BCUT2D eigenvalue weighted by molar-refractivity contribution is -0.875. The molecule has 1 rings (SSSR count). The number of carbonyl (C=O) groups excluding carboxylic acids is 1. The normalized spacial score (nSPS) is 30.4. The van der Waals surface area contributed by atoms with Crippen molar-refractivity contribution in [2.75, 3.05) is 6.54 Å². The van der Waals surface area contributed by atoms with Crippen molar-refractivity contribution in [1.29, 1.82) is 0 Å². The van der Waals surface area contributed by atoms with Crippen LogP contribution in [0.1, 0.15) is 6.42 Å². The Balaban J connectivity index is 2.40. The van der Waals surface area contributed by atoms with Gasteiger partial charge in [0, 0.05) is 0 Å². The number of hydrogen-bond donors (Lipinski definition) is 2. The van der Waals surface area contributed by atoms with E-state index in [0.29, 0.717) is 13.0 Å². The van der Waals surface area contributed by atoms with E-state index in [1.54, 1.807) is 0 Å². The van der Waals surface area contributed by atoms with Crippen molar-refractivity contribution in [3.63, 3.8) is 0 Å². The second-order valence-corrected chi connectivity index (χ2v) is 1.47. The van der Waals surface area contributed by atoms with Crippen LogP contribution in [-0.2, 0) is 4.79 Å². The molecule has 1 aliphatic heterocycles. The van der Waals surface area contributed by atoms with Crippen LogP contribution in [0.3, 0.4) is 0 Å². The lowest BCUT2D eigenvalue weighted by Crippen LogP contribution is -3.11. The fourth-order valence-electron chi connectivity index (χ4n) is 0.508. The van der Waals surface area contributed by atoms with Crippen molar-refractivity contribution in [2.45, 2.75) is 6.42 Å². The Morgan fingerprint density at radius 3 is 2.71 bits per heavy atom. The second-order valence-electron chi connectivity index (χ2n) is 1.47. The highest BCUT2D eigenvalue weighted by atomic mass is 16.5. The molecule has 1 fully saturated rings. The minimum atomic E-state index is -0.148. The van der Waals surface area contributed by atoms with Crippen LogP contribution >= 0.6 is 0 Å². The summed E-state index contributed by atoms with van der Waals surface area (Å²) in [5.74, 6) is -0.148. The molecule has 0 spiro atoms. The van der Waals surface area contributed by atoms with Crippen LogP contribution in [-0.4, -0.2) is 12.5 Å². The predicted molar refractivity (Wildman–Crippen MR) is 22.0 cm³/mol.